The smallest absolute Gasteiger partial charge is 0.417 e. The molecule has 0 heterocycles. The standard InChI is InChI=1S/C15H10ClF5O2/c16-11-2-1-9(7-10(11)15(19,20)21)23-14-12(17)5-8(3-4-22)6-13(14)18/h1-2,5-7,22H,3-4H2. The minimum Gasteiger partial charge on any atom is -0.451 e. The molecule has 0 aromatic heterocycles. The van der Waals surface area contributed by atoms with E-state index in [1.165, 1.54) is 0 Å². The second-order valence-corrected chi connectivity index (χ2v) is 5.01. The fourth-order valence-electron chi connectivity index (χ4n) is 1.89. The normalized spacial score (nSPS) is 11.6. The zero-order valence-electron chi connectivity index (χ0n) is 11.4. The molecule has 124 valence electrons. The maximum atomic E-state index is 13.8. The highest BCUT2D eigenvalue weighted by molar-refractivity contribution is 6.31. The van der Waals surface area contributed by atoms with Gasteiger partial charge in [-0.05, 0) is 42.3 Å². The lowest BCUT2D eigenvalue weighted by molar-refractivity contribution is -0.137. The first kappa shape index (κ1) is 17.5. The van der Waals surface area contributed by atoms with Crippen LogP contribution in [0, 0.1) is 11.6 Å². The van der Waals surface area contributed by atoms with Crippen LogP contribution in [-0.2, 0) is 12.6 Å². The van der Waals surface area contributed by atoms with Gasteiger partial charge in [-0.2, -0.15) is 13.2 Å². The molecule has 2 nitrogen and oxygen atoms in total. The molecular formula is C15H10ClF5O2. The van der Waals surface area contributed by atoms with Crippen LogP contribution >= 0.6 is 11.6 Å². The van der Waals surface area contributed by atoms with Gasteiger partial charge in [0.2, 0.25) is 0 Å². The van der Waals surface area contributed by atoms with Gasteiger partial charge in [-0.15, -0.1) is 0 Å². The van der Waals surface area contributed by atoms with E-state index in [-0.39, 0.29) is 18.6 Å². The molecule has 0 saturated heterocycles. The van der Waals surface area contributed by atoms with Crippen LogP contribution in [0.5, 0.6) is 11.5 Å². The molecule has 0 fully saturated rings. The van der Waals surface area contributed by atoms with Crippen LogP contribution in [0.25, 0.3) is 0 Å². The van der Waals surface area contributed by atoms with Crippen molar-refractivity contribution in [1.29, 1.82) is 0 Å². The number of benzene rings is 2. The Bertz CT molecular complexity index is 692. The molecular weight excluding hydrogens is 343 g/mol. The van der Waals surface area contributed by atoms with E-state index in [1.807, 2.05) is 0 Å². The molecule has 0 radical (unpaired) electrons. The first-order valence-electron chi connectivity index (χ1n) is 6.35. The molecule has 23 heavy (non-hydrogen) atoms. The zero-order valence-corrected chi connectivity index (χ0v) is 12.2. The van der Waals surface area contributed by atoms with Crippen molar-refractivity contribution < 1.29 is 31.8 Å². The first-order chi connectivity index (χ1) is 10.7. The van der Waals surface area contributed by atoms with Crippen LogP contribution < -0.4 is 4.74 Å². The average Bonchev–Trinajstić information content (AvgIpc) is 2.43. The van der Waals surface area contributed by atoms with Crippen molar-refractivity contribution in [2.24, 2.45) is 0 Å². The summed E-state index contributed by atoms with van der Waals surface area (Å²) >= 11 is 5.45. The van der Waals surface area contributed by atoms with Gasteiger partial charge < -0.3 is 9.84 Å². The van der Waals surface area contributed by atoms with Gasteiger partial charge in [0.1, 0.15) is 5.75 Å². The Labute approximate surface area is 133 Å². The van der Waals surface area contributed by atoms with Gasteiger partial charge >= 0.3 is 6.18 Å². The van der Waals surface area contributed by atoms with Crippen LogP contribution in [0.3, 0.4) is 0 Å². The van der Waals surface area contributed by atoms with E-state index in [0.717, 1.165) is 24.3 Å². The third-order valence-electron chi connectivity index (χ3n) is 2.92. The summed E-state index contributed by atoms with van der Waals surface area (Å²) < 4.78 is 70.8. The summed E-state index contributed by atoms with van der Waals surface area (Å²) in [4.78, 5) is 0. The molecule has 1 N–H and O–H groups in total. The highest BCUT2D eigenvalue weighted by Gasteiger charge is 2.33. The fourth-order valence-corrected chi connectivity index (χ4v) is 2.11. The lowest BCUT2D eigenvalue weighted by Gasteiger charge is -2.13. The molecule has 2 rings (SSSR count). The number of aliphatic hydroxyl groups excluding tert-OH is 1. The molecule has 2 aromatic rings. The van der Waals surface area contributed by atoms with E-state index in [0.29, 0.717) is 6.07 Å². The predicted octanol–water partition coefficient (Wildman–Crippen LogP) is 4.96. The first-order valence-corrected chi connectivity index (χ1v) is 6.73. The summed E-state index contributed by atoms with van der Waals surface area (Å²) in [6.07, 6.45) is -4.69. The third-order valence-corrected chi connectivity index (χ3v) is 3.25. The number of halogens is 6. The summed E-state index contributed by atoms with van der Waals surface area (Å²) in [5.74, 6) is -3.41. The zero-order chi connectivity index (χ0) is 17.2. The quantitative estimate of drug-likeness (QED) is 0.788. The number of aliphatic hydroxyl groups is 1. The molecule has 0 aliphatic carbocycles. The predicted molar refractivity (Wildman–Crippen MR) is 73.7 cm³/mol. The van der Waals surface area contributed by atoms with Crippen LogP contribution in [0.15, 0.2) is 30.3 Å². The highest BCUT2D eigenvalue weighted by atomic mass is 35.5. The van der Waals surface area contributed by atoms with Crippen LogP contribution in [0.1, 0.15) is 11.1 Å². The van der Waals surface area contributed by atoms with Gasteiger partial charge in [0.05, 0.1) is 10.6 Å². The lowest BCUT2D eigenvalue weighted by Crippen LogP contribution is -2.06. The SMILES string of the molecule is OCCc1cc(F)c(Oc2ccc(Cl)c(C(F)(F)F)c2)c(F)c1. The third kappa shape index (κ3) is 4.11. The van der Waals surface area contributed by atoms with E-state index < -0.39 is 39.9 Å². The summed E-state index contributed by atoms with van der Waals surface area (Å²) in [5.41, 5.74) is -0.976. The van der Waals surface area contributed by atoms with Gasteiger partial charge in [0.25, 0.3) is 0 Å². The Morgan fingerprint density at radius 3 is 2.17 bits per heavy atom. The molecule has 0 aliphatic rings. The number of hydrogen-bond donors (Lipinski definition) is 1. The van der Waals surface area contributed by atoms with Gasteiger partial charge in [0, 0.05) is 6.61 Å². The van der Waals surface area contributed by atoms with Crippen molar-refractivity contribution in [1.82, 2.24) is 0 Å². The number of rotatable bonds is 4. The van der Waals surface area contributed by atoms with Crippen molar-refractivity contribution in [3.63, 3.8) is 0 Å². The lowest BCUT2D eigenvalue weighted by atomic mass is 10.1. The maximum Gasteiger partial charge on any atom is 0.417 e. The number of alkyl halides is 3. The summed E-state index contributed by atoms with van der Waals surface area (Å²) in [6.45, 7) is -0.300. The molecule has 0 unspecified atom stereocenters. The highest BCUT2D eigenvalue weighted by Crippen LogP contribution is 2.38. The molecule has 0 aliphatic heterocycles. The minimum atomic E-state index is -4.72. The number of hydrogen-bond acceptors (Lipinski definition) is 2. The Morgan fingerprint density at radius 2 is 1.65 bits per heavy atom. The van der Waals surface area contributed by atoms with Crippen molar-refractivity contribution >= 4 is 11.6 Å². The summed E-state index contributed by atoms with van der Waals surface area (Å²) in [7, 11) is 0. The van der Waals surface area contributed by atoms with Crippen molar-refractivity contribution in [3.8, 4) is 11.5 Å². The number of ether oxygens (including phenoxy) is 1. The summed E-state index contributed by atoms with van der Waals surface area (Å²) in [5, 5.41) is 8.19. The van der Waals surface area contributed by atoms with E-state index in [9.17, 15) is 22.0 Å². The van der Waals surface area contributed by atoms with E-state index in [4.69, 9.17) is 21.4 Å². The summed E-state index contributed by atoms with van der Waals surface area (Å²) in [6, 6.07) is 4.43. The van der Waals surface area contributed by atoms with Crippen molar-refractivity contribution in [2.45, 2.75) is 12.6 Å². The Morgan fingerprint density at radius 1 is 1.04 bits per heavy atom. The van der Waals surface area contributed by atoms with Crippen LogP contribution in [-0.4, -0.2) is 11.7 Å². The average molecular weight is 353 g/mol. The topological polar surface area (TPSA) is 29.5 Å². The van der Waals surface area contributed by atoms with Crippen molar-refractivity contribution in [2.75, 3.05) is 6.61 Å². The molecule has 8 heteroatoms. The maximum absolute atomic E-state index is 13.8. The fraction of sp³-hybridized carbons (Fsp3) is 0.200. The largest absolute Gasteiger partial charge is 0.451 e. The second kappa shape index (κ2) is 6.72. The molecule has 2 aromatic carbocycles. The van der Waals surface area contributed by atoms with E-state index >= 15 is 0 Å². The molecule has 0 saturated carbocycles. The Balaban J connectivity index is 2.36. The van der Waals surface area contributed by atoms with Gasteiger partial charge in [-0.1, -0.05) is 11.6 Å². The molecule has 0 bridgehead atoms. The van der Waals surface area contributed by atoms with Gasteiger partial charge in [-0.25, -0.2) is 8.78 Å². The van der Waals surface area contributed by atoms with Gasteiger partial charge in [-0.3, -0.25) is 0 Å². The molecule has 0 atom stereocenters. The van der Waals surface area contributed by atoms with Crippen molar-refractivity contribution in [3.05, 3.63) is 58.1 Å². The van der Waals surface area contributed by atoms with Crippen LogP contribution in [0.4, 0.5) is 22.0 Å². The second-order valence-electron chi connectivity index (χ2n) is 4.60. The van der Waals surface area contributed by atoms with E-state index in [1.54, 1.807) is 0 Å². The monoisotopic (exact) mass is 352 g/mol. The minimum absolute atomic E-state index is 0.0350. The van der Waals surface area contributed by atoms with Crippen LogP contribution in [0.2, 0.25) is 5.02 Å². The Hall–Kier alpha value is -1.86. The molecule has 0 amide bonds. The molecule has 0 spiro atoms. The van der Waals surface area contributed by atoms with E-state index in [2.05, 4.69) is 0 Å². The van der Waals surface area contributed by atoms with Gasteiger partial charge in [0.15, 0.2) is 17.4 Å². The Kier molecular flexibility index (Phi) is 5.11.